The molecule has 2 atom stereocenters. The van der Waals surface area contributed by atoms with Gasteiger partial charge >= 0.3 is 0 Å². The van der Waals surface area contributed by atoms with Crippen LogP contribution in [0.4, 0.5) is 0 Å². The van der Waals surface area contributed by atoms with Gasteiger partial charge in [0.15, 0.2) is 5.16 Å². The summed E-state index contributed by atoms with van der Waals surface area (Å²) in [6, 6.07) is 0.195. The fourth-order valence-electron chi connectivity index (χ4n) is 2.36. The molecule has 1 aliphatic carbocycles. The first-order chi connectivity index (χ1) is 8.61. The largest absolute Gasteiger partial charge is 0.350 e. The highest BCUT2D eigenvalue weighted by atomic mass is 32.2. The van der Waals surface area contributed by atoms with Gasteiger partial charge in [-0.15, -0.1) is 0 Å². The molecule has 18 heavy (non-hydrogen) atoms. The van der Waals surface area contributed by atoms with Crippen molar-refractivity contribution in [3.05, 3.63) is 11.9 Å². The van der Waals surface area contributed by atoms with Gasteiger partial charge in [0.2, 0.25) is 5.91 Å². The van der Waals surface area contributed by atoms with Gasteiger partial charge in [0.1, 0.15) is 0 Å². The van der Waals surface area contributed by atoms with E-state index in [-0.39, 0.29) is 17.9 Å². The van der Waals surface area contributed by atoms with Crippen molar-refractivity contribution in [3.8, 4) is 0 Å². The van der Waals surface area contributed by atoms with Crippen molar-refractivity contribution in [1.82, 2.24) is 14.9 Å². The van der Waals surface area contributed by atoms with Gasteiger partial charge in [-0.25, -0.2) is 4.98 Å². The monoisotopic (exact) mass is 268 g/mol. The number of hydrogen-bond donors (Lipinski definition) is 2. The maximum absolute atomic E-state index is 12.0. The molecule has 0 unspecified atom stereocenters. The molecule has 6 heteroatoms. The highest BCUT2D eigenvalue weighted by Gasteiger charge is 2.27. The molecule has 0 radical (unpaired) electrons. The Bertz CT molecular complexity index is 432. The van der Waals surface area contributed by atoms with Crippen molar-refractivity contribution in [1.29, 1.82) is 0 Å². The molecule has 2 rings (SSSR count). The maximum Gasteiger partial charge on any atom is 0.223 e. The summed E-state index contributed by atoms with van der Waals surface area (Å²) in [6.07, 6.45) is 6.49. The van der Waals surface area contributed by atoms with E-state index in [1.54, 1.807) is 11.8 Å². The van der Waals surface area contributed by atoms with Crippen LogP contribution < -0.4 is 11.1 Å². The lowest BCUT2D eigenvalue weighted by molar-refractivity contribution is -0.125. The van der Waals surface area contributed by atoms with Crippen molar-refractivity contribution >= 4 is 17.7 Å². The second kappa shape index (κ2) is 5.75. The smallest absolute Gasteiger partial charge is 0.223 e. The molecule has 1 saturated carbocycles. The van der Waals surface area contributed by atoms with E-state index in [9.17, 15) is 4.79 Å². The number of nitrogens with two attached hydrogens (primary N) is 1. The van der Waals surface area contributed by atoms with E-state index >= 15 is 0 Å². The molecule has 1 aromatic heterocycles. The third-order valence-electron chi connectivity index (χ3n) is 3.51. The highest BCUT2D eigenvalue weighted by Crippen LogP contribution is 2.24. The predicted molar refractivity (Wildman–Crippen MR) is 72.2 cm³/mol. The van der Waals surface area contributed by atoms with Crippen LogP contribution in [0.25, 0.3) is 0 Å². The average molecular weight is 268 g/mol. The second-order valence-corrected chi connectivity index (χ2v) is 5.56. The van der Waals surface area contributed by atoms with Crippen molar-refractivity contribution in [2.45, 2.75) is 37.0 Å². The van der Waals surface area contributed by atoms with E-state index in [1.807, 2.05) is 24.1 Å². The molecule has 1 heterocycles. The van der Waals surface area contributed by atoms with Gasteiger partial charge in [-0.3, -0.25) is 4.79 Å². The normalized spacial score (nSPS) is 23.3. The fraction of sp³-hybridized carbons (Fsp3) is 0.667. The molecule has 1 aliphatic rings. The zero-order chi connectivity index (χ0) is 13.1. The number of carbonyl (C=O) groups excluding carboxylic acids is 1. The van der Waals surface area contributed by atoms with E-state index < -0.39 is 0 Å². The summed E-state index contributed by atoms with van der Waals surface area (Å²) in [5, 5.41) is 3.94. The minimum absolute atomic E-state index is 0.0910. The number of thioether (sulfide) groups is 1. The van der Waals surface area contributed by atoms with Crippen molar-refractivity contribution in [2.24, 2.45) is 18.7 Å². The summed E-state index contributed by atoms with van der Waals surface area (Å²) >= 11 is 1.60. The molecule has 1 aromatic rings. The number of rotatable bonds is 4. The number of carbonyl (C=O) groups is 1. The SMILES string of the molecule is CSc1ncc(CNC(=O)[C@@H]2CC[C@H](N)C2)n1C. The third kappa shape index (κ3) is 2.87. The molecule has 0 bridgehead atoms. The Hall–Kier alpha value is -1.01. The summed E-state index contributed by atoms with van der Waals surface area (Å²) in [4.78, 5) is 16.2. The van der Waals surface area contributed by atoms with Crippen LogP contribution in [-0.2, 0) is 18.4 Å². The van der Waals surface area contributed by atoms with Crippen LogP contribution in [0.15, 0.2) is 11.4 Å². The average Bonchev–Trinajstić information content (AvgIpc) is 2.93. The topological polar surface area (TPSA) is 72.9 Å². The quantitative estimate of drug-likeness (QED) is 0.795. The fourth-order valence-corrected chi connectivity index (χ4v) is 2.91. The summed E-state index contributed by atoms with van der Waals surface area (Å²) in [6.45, 7) is 0.536. The summed E-state index contributed by atoms with van der Waals surface area (Å²) in [5.74, 6) is 0.211. The molecular formula is C12H20N4OS. The third-order valence-corrected chi connectivity index (χ3v) is 4.26. The van der Waals surface area contributed by atoms with Crippen LogP contribution in [0, 0.1) is 5.92 Å². The molecular weight excluding hydrogens is 248 g/mol. The molecule has 1 fully saturated rings. The second-order valence-electron chi connectivity index (χ2n) is 4.78. The van der Waals surface area contributed by atoms with Crippen LogP contribution in [0.1, 0.15) is 25.0 Å². The van der Waals surface area contributed by atoms with Crippen LogP contribution in [0.2, 0.25) is 0 Å². The standard InChI is InChI=1S/C12H20N4OS/c1-16-10(7-15-12(16)18-2)6-14-11(17)8-3-4-9(13)5-8/h7-9H,3-6,13H2,1-2H3,(H,14,17)/t8-,9+/m1/s1. The van der Waals surface area contributed by atoms with Crippen LogP contribution in [-0.4, -0.2) is 27.8 Å². The van der Waals surface area contributed by atoms with Crippen molar-refractivity contribution in [3.63, 3.8) is 0 Å². The molecule has 0 aromatic carbocycles. The van der Waals surface area contributed by atoms with Crippen LogP contribution >= 0.6 is 11.8 Å². The first-order valence-corrected chi connectivity index (χ1v) is 7.42. The molecule has 1 amide bonds. The number of amides is 1. The number of aromatic nitrogens is 2. The number of hydrogen-bond acceptors (Lipinski definition) is 4. The van der Waals surface area contributed by atoms with E-state index in [1.165, 1.54) is 0 Å². The van der Waals surface area contributed by atoms with Gasteiger partial charge in [-0.05, 0) is 25.5 Å². The number of nitrogens with one attached hydrogen (secondary N) is 1. The molecule has 3 N–H and O–H groups in total. The number of nitrogens with zero attached hydrogens (tertiary/aromatic N) is 2. The molecule has 100 valence electrons. The first-order valence-electron chi connectivity index (χ1n) is 6.19. The Morgan fingerprint density at radius 2 is 2.44 bits per heavy atom. The Morgan fingerprint density at radius 1 is 1.67 bits per heavy atom. The van der Waals surface area contributed by atoms with Crippen molar-refractivity contribution < 1.29 is 4.79 Å². The maximum atomic E-state index is 12.0. The lowest BCUT2D eigenvalue weighted by Crippen LogP contribution is -2.30. The van der Waals surface area contributed by atoms with Crippen LogP contribution in [0.3, 0.4) is 0 Å². The van der Waals surface area contributed by atoms with Gasteiger partial charge in [-0.1, -0.05) is 11.8 Å². The van der Waals surface area contributed by atoms with E-state index in [4.69, 9.17) is 5.73 Å². The summed E-state index contributed by atoms with van der Waals surface area (Å²) in [7, 11) is 1.96. The van der Waals surface area contributed by atoms with Gasteiger partial charge in [0.05, 0.1) is 18.4 Å². The lowest BCUT2D eigenvalue weighted by atomic mass is 10.1. The van der Waals surface area contributed by atoms with Gasteiger partial charge in [0.25, 0.3) is 0 Å². The Labute approximate surface area is 112 Å². The minimum Gasteiger partial charge on any atom is -0.350 e. The predicted octanol–water partition coefficient (Wildman–Crippen LogP) is 0.886. The van der Waals surface area contributed by atoms with E-state index in [0.29, 0.717) is 6.54 Å². The van der Waals surface area contributed by atoms with E-state index in [0.717, 1.165) is 30.1 Å². The lowest BCUT2D eigenvalue weighted by Gasteiger charge is -2.11. The van der Waals surface area contributed by atoms with Gasteiger partial charge in [-0.2, -0.15) is 0 Å². The highest BCUT2D eigenvalue weighted by molar-refractivity contribution is 7.98. The Balaban J connectivity index is 1.87. The zero-order valence-corrected chi connectivity index (χ0v) is 11.7. The van der Waals surface area contributed by atoms with Crippen molar-refractivity contribution in [2.75, 3.05) is 6.26 Å². The first kappa shape index (κ1) is 13.4. The minimum atomic E-state index is 0.0910. The van der Waals surface area contributed by atoms with E-state index in [2.05, 4.69) is 10.3 Å². The molecule has 0 aliphatic heterocycles. The Kier molecular flexibility index (Phi) is 4.29. The molecule has 0 spiro atoms. The molecule has 5 nitrogen and oxygen atoms in total. The number of imidazole rings is 1. The van der Waals surface area contributed by atoms with Gasteiger partial charge in [0, 0.05) is 19.0 Å². The van der Waals surface area contributed by atoms with Gasteiger partial charge < -0.3 is 15.6 Å². The Morgan fingerprint density at radius 3 is 3.00 bits per heavy atom. The molecule has 0 saturated heterocycles. The summed E-state index contributed by atoms with van der Waals surface area (Å²) in [5.41, 5.74) is 6.84. The summed E-state index contributed by atoms with van der Waals surface area (Å²) < 4.78 is 2.01. The zero-order valence-electron chi connectivity index (χ0n) is 10.8. The van der Waals surface area contributed by atoms with Crippen LogP contribution in [0.5, 0.6) is 0 Å².